The second-order valence-electron chi connectivity index (χ2n) is 6.18. The quantitative estimate of drug-likeness (QED) is 0.807. The number of amides is 1. The van der Waals surface area contributed by atoms with Crippen LogP contribution in [0.15, 0.2) is 30.4 Å². The van der Waals surface area contributed by atoms with Gasteiger partial charge in [0.2, 0.25) is 12.7 Å². The lowest BCUT2D eigenvalue weighted by Crippen LogP contribution is -2.43. The van der Waals surface area contributed by atoms with Crippen LogP contribution < -0.4 is 14.8 Å². The van der Waals surface area contributed by atoms with Crippen molar-refractivity contribution >= 4 is 11.9 Å². The molecule has 2 bridgehead atoms. The molecule has 4 rings (SSSR count). The second kappa shape index (κ2) is 5.52. The first kappa shape index (κ1) is 15.0. The number of carbonyl (C=O) groups excluding carboxylic acids is 1. The van der Waals surface area contributed by atoms with Gasteiger partial charge < -0.3 is 24.6 Å². The van der Waals surface area contributed by atoms with Crippen molar-refractivity contribution in [2.75, 3.05) is 6.79 Å². The first-order chi connectivity index (χ1) is 11.5. The van der Waals surface area contributed by atoms with Gasteiger partial charge in [0.1, 0.15) is 5.92 Å². The van der Waals surface area contributed by atoms with E-state index >= 15 is 0 Å². The van der Waals surface area contributed by atoms with Crippen molar-refractivity contribution < 1.29 is 28.9 Å². The van der Waals surface area contributed by atoms with Gasteiger partial charge in [-0.3, -0.25) is 9.59 Å². The molecule has 3 aliphatic heterocycles. The Morgan fingerprint density at radius 2 is 1.88 bits per heavy atom. The molecular weight excluding hydrogens is 314 g/mol. The number of benzene rings is 1. The van der Waals surface area contributed by atoms with Crippen molar-refractivity contribution in [3.63, 3.8) is 0 Å². The lowest BCUT2D eigenvalue weighted by molar-refractivity contribution is -0.146. The van der Waals surface area contributed by atoms with E-state index in [0.717, 1.165) is 5.56 Å². The largest absolute Gasteiger partial charge is 0.481 e. The molecular formula is C17H17NO6. The normalized spacial score (nSPS) is 30.4. The van der Waals surface area contributed by atoms with Crippen LogP contribution in [0.1, 0.15) is 18.5 Å². The Kier molecular flexibility index (Phi) is 3.45. The molecule has 0 aliphatic carbocycles. The number of rotatable bonds is 4. The van der Waals surface area contributed by atoms with E-state index in [1.807, 2.05) is 19.1 Å². The topological polar surface area (TPSA) is 94.1 Å². The van der Waals surface area contributed by atoms with Crippen LogP contribution in [0.25, 0.3) is 0 Å². The molecule has 2 N–H and O–H groups in total. The fourth-order valence-corrected chi connectivity index (χ4v) is 3.49. The average Bonchev–Trinajstić information content (AvgIpc) is 3.28. The zero-order valence-corrected chi connectivity index (χ0v) is 13.0. The number of nitrogens with one attached hydrogen (secondary N) is 1. The molecule has 24 heavy (non-hydrogen) atoms. The summed E-state index contributed by atoms with van der Waals surface area (Å²) < 4.78 is 16.1. The molecule has 0 radical (unpaired) electrons. The molecule has 0 unspecified atom stereocenters. The number of carbonyl (C=O) groups is 2. The predicted octanol–water partition coefficient (Wildman–Crippen LogP) is 1.25. The zero-order chi connectivity index (χ0) is 16.8. The van der Waals surface area contributed by atoms with Gasteiger partial charge in [-0.2, -0.15) is 0 Å². The number of fused-ring (bicyclic) bond motifs is 3. The van der Waals surface area contributed by atoms with Gasteiger partial charge in [-0.15, -0.1) is 0 Å². The van der Waals surface area contributed by atoms with Crippen LogP contribution >= 0.6 is 0 Å². The van der Waals surface area contributed by atoms with E-state index in [-0.39, 0.29) is 18.7 Å². The Morgan fingerprint density at radius 1 is 1.17 bits per heavy atom. The van der Waals surface area contributed by atoms with E-state index < -0.39 is 30.0 Å². The molecule has 1 aromatic carbocycles. The number of carboxylic acid groups (broad SMARTS) is 1. The summed E-state index contributed by atoms with van der Waals surface area (Å²) in [6.45, 7) is 2.03. The van der Waals surface area contributed by atoms with E-state index in [1.165, 1.54) is 0 Å². The van der Waals surface area contributed by atoms with E-state index in [0.29, 0.717) is 11.5 Å². The smallest absolute Gasteiger partial charge is 0.310 e. The molecule has 1 fully saturated rings. The molecule has 0 spiro atoms. The summed E-state index contributed by atoms with van der Waals surface area (Å²) in [7, 11) is 0. The Hall–Kier alpha value is -2.54. The number of hydrogen-bond acceptors (Lipinski definition) is 5. The molecule has 7 nitrogen and oxygen atoms in total. The van der Waals surface area contributed by atoms with Crippen molar-refractivity contribution in [3.05, 3.63) is 35.9 Å². The monoisotopic (exact) mass is 331 g/mol. The third-order valence-corrected chi connectivity index (χ3v) is 4.74. The molecule has 3 heterocycles. The van der Waals surface area contributed by atoms with Gasteiger partial charge in [-0.05, 0) is 24.6 Å². The maximum Gasteiger partial charge on any atom is 0.310 e. The molecule has 0 saturated carbocycles. The van der Waals surface area contributed by atoms with E-state index in [2.05, 4.69) is 5.32 Å². The summed E-state index contributed by atoms with van der Waals surface area (Å²) >= 11 is 0. The van der Waals surface area contributed by atoms with Crippen LogP contribution in [0.2, 0.25) is 0 Å². The number of carboxylic acids is 1. The van der Waals surface area contributed by atoms with Gasteiger partial charge in [-0.25, -0.2) is 0 Å². The molecule has 126 valence electrons. The lowest BCUT2D eigenvalue weighted by Gasteiger charge is -2.23. The van der Waals surface area contributed by atoms with Crippen molar-refractivity contribution in [2.24, 2.45) is 11.8 Å². The van der Waals surface area contributed by atoms with Gasteiger partial charge >= 0.3 is 5.97 Å². The van der Waals surface area contributed by atoms with Crippen molar-refractivity contribution in [1.82, 2.24) is 5.32 Å². The maximum absolute atomic E-state index is 12.6. The van der Waals surface area contributed by atoms with Gasteiger partial charge in [0.25, 0.3) is 0 Å². The van der Waals surface area contributed by atoms with Gasteiger partial charge in [0, 0.05) is 0 Å². The van der Waals surface area contributed by atoms with Crippen LogP contribution in [-0.2, 0) is 14.3 Å². The van der Waals surface area contributed by atoms with Crippen LogP contribution in [0.3, 0.4) is 0 Å². The highest BCUT2D eigenvalue weighted by Crippen LogP contribution is 2.40. The molecule has 5 atom stereocenters. The number of aliphatic carboxylic acids is 1. The van der Waals surface area contributed by atoms with Crippen LogP contribution in [0.4, 0.5) is 0 Å². The highest BCUT2D eigenvalue weighted by molar-refractivity contribution is 5.87. The number of ether oxygens (including phenoxy) is 3. The highest BCUT2D eigenvalue weighted by Gasteiger charge is 2.53. The summed E-state index contributed by atoms with van der Waals surface area (Å²) in [5.41, 5.74) is 0.860. The highest BCUT2D eigenvalue weighted by atomic mass is 16.7. The number of hydrogen-bond donors (Lipinski definition) is 2. The van der Waals surface area contributed by atoms with Crippen molar-refractivity contribution in [3.8, 4) is 11.5 Å². The van der Waals surface area contributed by atoms with Gasteiger partial charge in [0.05, 0.1) is 24.2 Å². The third kappa shape index (κ3) is 2.32. The summed E-state index contributed by atoms with van der Waals surface area (Å²) in [4.78, 5) is 24.1. The minimum atomic E-state index is -1.01. The van der Waals surface area contributed by atoms with Gasteiger partial charge in [0.15, 0.2) is 11.5 Å². The first-order valence-electron chi connectivity index (χ1n) is 7.81. The van der Waals surface area contributed by atoms with Gasteiger partial charge in [-0.1, -0.05) is 18.2 Å². The fraction of sp³-hybridized carbons (Fsp3) is 0.412. The Labute approximate surface area is 138 Å². The lowest BCUT2D eigenvalue weighted by atomic mass is 9.82. The molecule has 7 heteroatoms. The molecule has 3 aliphatic rings. The fourth-order valence-electron chi connectivity index (χ4n) is 3.49. The third-order valence-electron chi connectivity index (χ3n) is 4.74. The van der Waals surface area contributed by atoms with E-state index in [4.69, 9.17) is 14.2 Å². The van der Waals surface area contributed by atoms with Crippen molar-refractivity contribution in [1.29, 1.82) is 0 Å². The standard InChI is InChI=1S/C17H17NO6/c1-8(9-2-3-10-13(6-9)23-7-22-10)18-16(19)14-11-4-5-12(24-11)15(14)17(20)21/h2-6,8,11-12,14-15H,7H2,1H3,(H,18,19)(H,20,21)/t8-,11+,12+,14+,15+/m1/s1. The van der Waals surface area contributed by atoms with Crippen LogP contribution in [0.5, 0.6) is 11.5 Å². The summed E-state index contributed by atoms with van der Waals surface area (Å²) in [5.74, 6) is -1.57. The Bertz CT molecular complexity index is 730. The summed E-state index contributed by atoms with van der Waals surface area (Å²) in [6.07, 6.45) is 2.48. The van der Waals surface area contributed by atoms with E-state index in [9.17, 15) is 14.7 Å². The first-order valence-corrected chi connectivity index (χ1v) is 7.81. The van der Waals surface area contributed by atoms with Crippen molar-refractivity contribution in [2.45, 2.75) is 25.2 Å². The Balaban J connectivity index is 1.49. The zero-order valence-electron chi connectivity index (χ0n) is 13.0. The second-order valence-corrected chi connectivity index (χ2v) is 6.18. The maximum atomic E-state index is 12.6. The van der Waals surface area contributed by atoms with Crippen LogP contribution in [-0.4, -0.2) is 36.0 Å². The SMILES string of the molecule is C[C@@H](NC(=O)[C@@H]1[C@@H](C(=O)O)[C@@H]2C=C[C@@H]1O2)c1ccc2c(c1)OCO2. The molecule has 1 aromatic rings. The summed E-state index contributed by atoms with van der Waals surface area (Å²) in [5, 5.41) is 12.3. The molecule has 1 amide bonds. The van der Waals surface area contributed by atoms with Crippen LogP contribution in [0, 0.1) is 11.8 Å². The Morgan fingerprint density at radius 3 is 2.62 bits per heavy atom. The summed E-state index contributed by atoms with van der Waals surface area (Å²) in [6, 6.07) is 5.18. The molecule has 1 saturated heterocycles. The molecule has 0 aromatic heterocycles. The minimum absolute atomic E-state index is 0.189. The minimum Gasteiger partial charge on any atom is -0.481 e. The van der Waals surface area contributed by atoms with E-state index in [1.54, 1.807) is 18.2 Å². The average molecular weight is 331 g/mol. The predicted molar refractivity (Wildman–Crippen MR) is 81.5 cm³/mol.